The Morgan fingerprint density at radius 3 is 2.81 bits per heavy atom. The Labute approximate surface area is 193 Å². The van der Waals surface area contributed by atoms with Gasteiger partial charge in [0.25, 0.3) is 0 Å². The first-order valence-corrected chi connectivity index (χ1v) is 11.6. The van der Waals surface area contributed by atoms with Crippen LogP contribution in [-0.2, 0) is 11.8 Å². The highest BCUT2D eigenvalue weighted by Crippen LogP contribution is 2.40. The quantitative estimate of drug-likeness (QED) is 0.317. The molecule has 1 N–H and O–H groups in total. The van der Waals surface area contributed by atoms with Crippen molar-refractivity contribution in [3.8, 4) is 22.9 Å². The lowest BCUT2D eigenvalue weighted by atomic mass is 10.1. The lowest BCUT2D eigenvalue weighted by molar-refractivity contribution is -0.115. The summed E-state index contributed by atoms with van der Waals surface area (Å²) in [5.41, 5.74) is 2.37. The van der Waals surface area contributed by atoms with Crippen LogP contribution in [0.15, 0.2) is 47.2 Å². The van der Waals surface area contributed by atoms with Crippen LogP contribution in [0.5, 0.6) is 5.75 Å². The van der Waals surface area contributed by atoms with Crippen LogP contribution in [0.3, 0.4) is 0 Å². The fourth-order valence-electron chi connectivity index (χ4n) is 3.24. The Morgan fingerprint density at radius 2 is 2.12 bits per heavy atom. The number of hydrogen-bond acceptors (Lipinski definition) is 8. The molecule has 0 spiro atoms. The lowest BCUT2D eigenvalue weighted by Gasteiger charge is -2.15. The van der Waals surface area contributed by atoms with E-state index < -0.39 is 5.25 Å². The number of aryl methyl sites for hydroxylation is 1. The van der Waals surface area contributed by atoms with Crippen LogP contribution in [0.2, 0.25) is 0 Å². The van der Waals surface area contributed by atoms with Gasteiger partial charge in [-0.1, -0.05) is 30.8 Å². The van der Waals surface area contributed by atoms with Crippen LogP contribution in [0.4, 0.5) is 5.82 Å². The Hall–Kier alpha value is -3.42. The molecule has 4 rings (SSSR count). The Morgan fingerprint density at radius 1 is 1.34 bits per heavy atom. The third kappa shape index (κ3) is 4.17. The van der Waals surface area contributed by atoms with Crippen molar-refractivity contribution in [1.29, 1.82) is 5.26 Å². The zero-order chi connectivity index (χ0) is 22.7. The van der Waals surface area contributed by atoms with Gasteiger partial charge in [-0.25, -0.2) is 9.97 Å². The number of nitrogens with one attached hydrogen (secondary N) is 1. The first-order valence-electron chi connectivity index (χ1n) is 9.82. The molecule has 1 aromatic carbocycles. The van der Waals surface area contributed by atoms with E-state index in [9.17, 15) is 10.1 Å². The number of rotatable bonds is 7. The summed E-state index contributed by atoms with van der Waals surface area (Å²) >= 11 is 2.94. The minimum atomic E-state index is -0.404. The van der Waals surface area contributed by atoms with E-state index in [1.54, 1.807) is 25.5 Å². The highest BCUT2D eigenvalue weighted by atomic mass is 32.2. The number of anilines is 1. The summed E-state index contributed by atoms with van der Waals surface area (Å²) in [6, 6.07) is 9.88. The smallest absolute Gasteiger partial charge is 0.239 e. The van der Waals surface area contributed by atoms with Crippen molar-refractivity contribution in [1.82, 2.24) is 19.7 Å². The van der Waals surface area contributed by atoms with Gasteiger partial charge in [0.15, 0.2) is 0 Å². The van der Waals surface area contributed by atoms with Crippen LogP contribution in [-0.4, -0.2) is 38.0 Å². The van der Waals surface area contributed by atoms with Crippen LogP contribution >= 0.6 is 23.1 Å². The van der Waals surface area contributed by atoms with Gasteiger partial charge in [-0.15, -0.1) is 11.3 Å². The number of nitrogens with zero attached hydrogens (tertiary/aromatic N) is 5. The molecule has 1 amide bonds. The Bertz CT molecular complexity index is 1310. The highest BCUT2D eigenvalue weighted by Gasteiger charge is 2.24. The zero-order valence-electron chi connectivity index (χ0n) is 17.7. The molecule has 0 aliphatic carbocycles. The van der Waals surface area contributed by atoms with E-state index in [4.69, 9.17) is 4.74 Å². The van der Waals surface area contributed by atoms with Crippen molar-refractivity contribution in [2.45, 2.75) is 23.6 Å². The molecule has 0 aliphatic rings. The molecule has 0 aliphatic heterocycles. The number of thioether (sulfide) groups is 1. The minimum Gasteiger partial charge on any atom is -0.497 e. The normalized spacial score (nSPS) is 11.8. The van der Waals surface area contributed by atoms with Crippen LogP contribution in [0, 0.1) is 11.3 Å². The van der Waals surface area contributed by atoms with E-state index in [1.807, 2.05) is 37.3 Å². The fraction of sp³-hybridized carbons (Fsp3) is 0.227. The van der Waals surface area contributed by atoms with Crippen molar-refractivity contribution < 1.29 is 9.53 Å². The van der Waals surface area contributed by atoms with Gasteiger partial charge in [0.1, 0.15) is 39.4 Å². The third-order valence-electron chi connectivity index (χ3n) is 4.95. The van der Waals surface area contributed by atoms with Gasteiger partial charge < -0.3 is 10.1 Å². The summed E-state index contributed by atoms with van der Waals surface area (Å²) in [5.74, 6) is 0.971. The fourth-order valence-corrected chi connectivity index (χ4v) is 5.26. The van der Waals surface area contributed by atoms with E-state index in [2.05, 4.69) is 25.8 Å². The first kappa shape index (κ1) is 21.8. The van der Waals surface area contributed by atoms with Crippen molar-refractivity contribution in [2.24, 2.45) is 7.05 Å². The maximum absolute atomic E-state index is 13.0. The number of thiophene rings is 1. The SMILES string of the molecule is CCC(Sc1ncnc2scc(-c3ccc(OC)cc3)c12)C(=O)Nc1c(C#N)cnn1C. The van der Waals surface area contributed by atoms with E-state index in [1.165, 1.54) is 29.0 Å². The predicted molar refractivity (Wildman–Crippen MR) is 126 cm³/mol. The summed E-state index contributed by atoms with van der Waals surface area (Å²) in [6.07, 6.45) is 3.55. The summed E-state index contributed by atoms with van der Waals surface area (Å²) < 4.78 is 6.75. The highest BCUT2D eigenvalue weighted by molar-refractivity contribution is 8.00. The molecule has 0 fully saturated rings. The molecule has 8 nitrogen and oxygen atoms in total. The maximum Gasteiger partial charge on any atom is 0.239 e. The topological polar surface area (TPSA) is 106 Å². The molecule has 3 aromatic heterocycles. The first-order chi connectivity index (χ1) is 15.5. The largest absolute Gasteiger partial charge is 0.497 e. The molecule has 0 saturated carbocycles. The van der Waals surface area contributed by atoms with Crippen molar-refractivity contribution in [2.75, 3.05) is 12.4 Å². The van der Waals surface area contributed by atoms with Crippen LogP contribution in [0.1, 0.15) is 18.9 Å². The average molecular weight is 465 g/mol. The lowest BCUT2D eigenvalue weighted by Crippen LogP contribution is -2.26. The number of aromatic nitrogens is 4. The summed E-state index contributed by atoms with van der Waals surface area (Å²) in [7, 11) is 3.32. The number of carbonyl (C=O) groups is 1. The molecular formula is C22H20N6O2S2. The van der Waals surface area contributed by atoms with E-state index >= 15 is 0 Å². The van der Waals surface area contributed by atoms with Gasteiger partial charge in [-0.05, 0) is 24.1 Å². The van der Waals surface area contributed by atoms with E-state index in [0.29, 0.717) is 17.8 Å². The Balaban J connectivity index is 1.65. The molecule has 162 valence electrons. The van der Waals surface area contributed by atoms with Gasteiger partial charge >= 0.3 is 0 Å². The molecule has 3 heterocycles. The van der Waals surface area contributed by atoms with Gasteiger partial charge in [0.2, 0.25) is 5.91 Å². The summed E-state index contributed by atoms with van der Waals surface area (Å²) in [5, 5.41) is 19.5. The monoisotopic (exact) mass is 464 g/mol. The number of carbonyl (C=O) groups excluding carboxylic acids is 1. The number of ether oxygens (including phenoxy) is 1. The number of benzene rings is 1. The molecule has 1 unspecified atom stereocenters. The summed E-state index contributed by atoms with van der Waals surface area (Å²) in [4.78, 5) is 22.8. The molecule has 32 heavy (non-hydrogen) atoms. The third-order valence-corrected chi connectivity index (χ3v) is 7.21. The Kier molecular flexibility index (Phi) is 6.39. The maximum atomic E-state index is 13.0. The number of hydrogen-bond donors (Lipinski definition) is 1. The van der Waals surface area contributed by atoms with Crippen molar-refractivity contribution in [3.05, 3.63) is 47.7 Å². The second-order valence-corrected chi connectivity index (χ2v) is 8.93. The molecule has 1 atom stereocenters. The molecule has 10 heteroatoms. The minimum absolute atomic E-state index is 0.203. The van der Waals surface area contributed by atoms with Crippen molar-refractivity contribution >= 4 is 45.0 Å². The van der Waals surface area contributed by atoms with Crippen LogP contribution in [0.25, 0.3) is 21.3 Å². The molecule has 0 bridgehead atoms. The number of nitriles is 1. The standard InChI is InChI=1S/C22H20N6O2S2/c1-4-17(20(29)27-19-14(9-23)10-26-28(19)2)32-22-18-16(11-31-21(18)24-12-25-22)13-5-7-15(30-3)8-6-13/h5-8,10-12,17H,4H2,1-3H3,(H,27,29). The van der Waals surface area contributed by atoms with E-state index in [0.717, 1.165) is 32.1 Å². The number of fused-ring (bicyclic) bond motifs is 1. The number of amides is 1. The van der Waals surface area contributed by atoms with E-state index in [-0.39, 0.29) is 5.91 Å². The van der Waals surface area contributed by atoms with Gasteiger partial charge in [0, 0.05) is 18.0 Å². The molecule has 0 radical (unpaired) electrons. The van der Waals surface area contributed by atoms with Crippen LogP contribution < -0.4 is 10.1 Å². The second-order valence-electron chi connectivity index (χ2n) is 6.88. The van der Waals surface area contributed by atoms with Crippen molar-refractivity contribution in [3.63, 3.8) is 0 Å². The molecular weight excluding hydrogens is 444 g/mol. The molecule has 4 aromatic rings. The molecule has 0 saturated heterocycles. The number of methoxy groups -OCH3 is 1. The average Bonchev–Trinajstić information content (AvgIpc) is 3.41. The predicted octanol–water partition coefficient (Wildman–Crippen LogP) is 4.48. The summed E-state index contributed by atoms with van der Waals surface area (Å²) in [6.45, 7) is 1.95. The van der Waals surface area contributed by atoms with Gasteiger partial charge in [-0.2, -0.15) is 10.4 Å². The zero-order valence-corrected chi connectivity index (χ0v) is 19.3. The van der Waals surface area contributed by atoms with Gasteiger partial charge in [0.05, 0.1) is 23.9 Å². The van der Waals surface area contributed by atoms with Gasteiger partial charge in [-0.3, -0.25) is 9.48 Å². The second kappa shape index (κ2) is 9.38.